The number of esters is 1. The average molecular weight is 271 g/mol. The molecule has 0 bridgehead atoms. The van der Waals surface area contributed by atoms with Crippen LogP contribution in [0, 0.1) is 5.92 Å². The second-order valence-corrected chi connectivity index (χ2v) is 5.95. The molecule has 5 nitrogen and oxygen atoms in total. The number of hydrogen-bond donors (Lipinski definition) is 0. The summed E-state index contributed by atoms with van der Waals surface area (Å²) in [5, 5.41) is 0. The third-order valence-corrected chi connectivity index (χ3v) is 3.35. The number of ether oxygens (including phenoxy) is 2. The molecule has 1 fully saturated rings. The van der Waals surface area contributed by atoms with Crippen LogP contribution in [0.2, 0.25) is 0 Å². The quantitative estimate of drug-likeness (QED) is 0.724. The Labute approximate surface area is 115 Å². The maximum Gasteiger partial charge on any atom is 0.411 e. The maximum atomic E-state index is 12.2. The first-order valence-corrected chi connectivity index (χ1v) is 6.87. The van der Waals surface area contributed by atoms with Crippen molar-refractivity contribution in [2.75, 3.05) is 13.7 Å². The molecule has 0 radical (unpaired) electrons. The van der Waals surface area contributed by atoms with Gasteiger partial charge in [0.2, 0.25) is 0 Å². The third-order valence-electron chi connectivity index (χ3n) is 3.35. The fourth-order valence-electron chi connectivity index (χ4n) is 2.47. The molecule has 0 spiro atoms. The third kappa shape index (κ3) is 4.11. The first-order valence-electron chi connectivity index (χ1n) is 6.87. The molecule has 1 heterocycles. The molecule has 1 amide bonds. The Bertz CT molecular complexity index is 335. The highest BCUT2D eigenvalue weighted by atomic mass is 16.6. The zero-order valence-corrected chi connectivity index (χ0v) is 12.6. The summed E-state index contributed by atoms with van der Waals surface area (Å²) in [4.78, 5) is 25.7. The number of hydrogen-bond acceptors (Lipinski definition) is 4. The zero-order valence-electron chi connectivity index (χ0n) is 12.6. The standard InChI is InChI=1S/C14H25NO4/c1-6-10-8-7-9-15(11(10)12(16)18-5)13(17)19-14(2,3)4/h10-11H,6-9H2,1-5H3/t10-,11+/m1/s1. The number of nitrogens with zero attached hydrogens (tertiary/aromatic N) is 1. The van der Waals surface area contributed by atoms with Gasteiger partial charge in [-0.3, -0.25) is 4.90 Å². The monoisotopic (exact) mass is 271 g/mol. The van der Waals surface area contributed by atoms with Crippen molar-refractivity contribution in [3.8, 4) is 0 Å². The smallest absolute Gasteiger partial charge is 0.411 e. The SMILES string of the molecule is CC[C@@H]1CCCN(C(=O)OC(C)(C)C)[C@@H]1C(=O)OC. The highest BCUT2D eigenvalue weighted by Gasteiger charge is 2.40. The van der Waals surface area contributed by atoms with Crippen molar-refractivity contribution in [3.05, 3.63) is 0 Å². The van der Waals surface area contributed by atoms with Crippen LogP contribution >= 0.6 is 0 Å². The molecule has 1 saturated heterocycles. The number of carbonyl (C=O) groups excluding carboxylic acids is 2. The summed E-state index contributed by atoms with van der Waals surface area (Å²) in [5.41, 5.74) is -0.559. The highest BCUT2D eigenvalue weighted by molar-refractivity contribution is 5.82. The number of likely N-dealkylation sites (tertiary alicyclic amines) is 1. The fraction of sp³-hybridized carbons (Fsp3) is 0.857. The molecule has 0 saturated carbocycles. The van der Waals surface area contributed by atoms with Gasteiger partial charge in [-0.1, -0.05) is 13.3 Å². The van der Waals surface area contributed by atoms with Crippen molar-refractivity contribution in [3.63, 3.8) is 0 Å². The summed E-state index contributed by atoms with van der Waals surface area (Å²) in [7, 11) is 1.36. The molecule has 0 aromatic heterocycles. The van der Waals surface area contributed by atoms with Gasteiger partial charge < -0.3 is 9.47 Å². The van der Waals surface area contributed by atoms with Gasteiger partial charge in [0.25, 0.3) is 0 Å². The molecule has 0 aromatic rings. The fourth-order valence-corrected chi connectivity index (χ4v) is 2.47. The highest BCUT2D eigenvalue weighted by Crippen LogP contribution is 2.28. The van der Waals surface area contributed by atoms with E-state index in [1.807, 2.05) is 27.7 Å². The molecule has 1 aliphatic heterocycles. The second-order valence-electron chi connectivity index (χ2n) is 5.95. The van der Waals surface area contributed by atoms with Crippen LogP contribution in [0.1, 0.15) is 47.0 Å². The first-order chi connectivity index (χ1) is 8.80. The van der Waals surface area contributed by atoms with Crippen LogP contribution in [0.25, 0.3) is 0 Å². The Morgan fingerprint density at radius 3 is 2.42 bits per heavy atom. The number of methoxy groups -OCH3 is 1. The number of carbonyl (C=O) groups is 2. The van der Waals surface area contributed by atoms with Gasteiger partial charge >= 0.3 is 12.1 Å². The summed E-state index contributed by atoms with van der Waals surface area (Å²) in [6, 6.07) is -0.515. The molecule has 19 heavy (non-hydrogen) atoms. The second kappa shape index (κ2) is 6.26. The predicted octanol–water partition coefficient (Wildman–Crippen LogP) is 2.59. The van der Waals surface area contributed by atoms with Crippen molar-refractivity contribution >= 4 is 12.1 Å². The minimum absolute atomic E-state index is 0.147. The van der Waals surface area contributed by atoms with E-state index in [1.54, 1.807) is 0 Å². The van der Waals surface area contributed by atoms with Crippen LogP contribution in [-0.4, -0.2) is 42.3 Å². The van der Waals surface area contributed by atoms with E-state index < -0.39 is 17.7 Å². The van der Waals surface area contributed by atoms with Gasteiger partial charge in [0.15, 0.2) is 0 Å². The van der Waals surface area contributed by atoms with Crippen LogP contribution in [0.5, 0.6) is 0 Å². The van der Waals surface area contributed by atoms with Gasteiger partial charge in [0.05, 0.1) is 7.11 Å². The molecule has 5 heteroatoms. The molecule has 2 atom stereocenters. The van der Waals surface area contributed by atoms with Crippen molar-refractivity contribution in [2.24, 2.45) is 5.92 Å². The van der Waals surface area contributed by atoms with Gasteiger partial charge in [-0.2, -0.15) is 0 Å². The summed E-state index contributed by atoms with van der Waals surface area (Å²) in [6.07, 6.45) is 2.25. The number of amides is 1. The van der Waals surface area contributed by atoms with Crippen molar-refractivity contribution < 1.29 is 19.1 Å². The van der Waals surface area contributed by atoms with Crippen molar-refractivity contribution in [2.45, 2.75) is 58.6 Å². The topological polar surface area (TPSA) is 55.8 Å². The van der Waals surface area contributed by atoms with Gasteiger partial charge in [-0.05, 0) is 39.5 Å². The van der Waals surface area contributed by atoms with Gasteiger partial charge in [0.1, 0.15) is 11.6 Å². The minimum atomic E-state index is -0.559. The number of piperidine rings is 1. The van der Waals surface area contributed by atoms with E-state index in [0.717, 1.165) is 19.3 Å². The van der Waals surface area contributed by atoms with Crippen LogP contribution in [-0.2, 0) is 14.3 Å². The van der Waals surface area contributed by atoms with Crippen LogP contribution < -0.4 is 0 Å². The molecule has 1 aliphatic rings. The largest absolute Gasteiger partial charge is 0.467 e. The number of rotatable bonds is 2. The summed E-state index contributed by atoms with van der Waals surface area (Å²) < 4.78 is 10.2. The van der Waals surface area contributed by atoms with E-state index in [-0.39, 0.29) is 11.9 Å². The minimum Gasteiger partial charge on any atom is -0.467 e. The maximum absolute atomic E-state index is 12.2. The predicted molar refractivity (Wildman–Crippen MR) is 71.8 cm³/mol. The lowest BCUT2D eigenvalue weighted by Gasteiger charge is -2.39. The van der Waals surface area contributed by atoms with E-state index in [1.165, 1.54) is 12.0 Å². The van der Waals surface area contributed by atoms with E-state index in [4.69, 9.17) is 9.47 Å². The van der Waals surface area contributed by atoms with E-state index in [2.05, 4.69) is 0 Å². The lowest BCUT2D eigenvalue weighted by atomic mass is 9.87. The van der Waals surface area contributed by atoms with Crippen molar-refractivity contribution in [1.29, 1.82) is 0 Å². The molecule has 1 rings (SSSR count). The average Bonchev–Trinajstić information content (AvgIpc) is 2.34. The molecular formula is C14H25NO4. The summed E-state index contributed by atoms with van der Waals surface area (Å²) >= 11 is 0. The molecule has 0 unspecified atom stereocenters. The van der Waals surface area contributed by atoms with Gasteiger partial charge in [-0.15, -0.1) is 0 Å². The lowest BCUT2D eigenvalue weighted by Crippen LogP contribution is -2.54. The normalized spacial score (nSPS) is 23.9. The Kier molecular flexibility index (Phi) is 5.20. The van der Waals surface area contributed by atoms with E-state index in [9.17, 15) is 9.59 Å². The van der Waals surface area contributed by atoms with Gasteiger partial charge in [-0.25, -0.2) is 9.59 Å². The summed E-state index contributed by atoms with van der Waals surface area (Å²) in [6.45, 7) is 8.03. The first kappa shape index (κ1) is 15.8. The van der Waals surface area contributed by atoms with Crippen LogP contribution in [0.3, 0.4) is 0 Å². The Morgan fingerprint density at radius 1 is 1.32 bits per heavy atom. The zero-order chi connectivity index (χ0) is 14.6. The molecule has 0 aromatic carbocycles. The lowest BCUT2D eigenvalue weighted by molar-refractivity contribution is -0.150. The summed E-state index contributed by atoms with van der Waals surface area (Å²) in [5.74, 6) is -0.203. The van der Waals surface area contributed by atoms with E-state index in [0.29, 0.717) is 6.54 Å². The van der Waals surface area contributed by atoms with Crippen LogP contribution in [0.15, 0.2) is 0 Å². The molecular weight excluding hydrogens is 246 g/mol. The van der Waals surface area contributed by atoms with Crippen LogP contribution in [0.4, 0.5) is 4.79 Å². The van der Waals surface area contributed by atoms with E-state index >= 15 is 0 Å². The Hall–Kier alpha value is -1.26. The Balaban J connectivity index is 2.88. The molecule has 0 N–H and O–H groups in total. The van der Waals surface area contributed by atoms with Gasteiger partial charge in [0, 0.05) is 6.54 Å². The van der Waals surface area contributed by atoms with Crippen molar-refractivity contribution in [1.82, 2.24) is 4.90 Å². The Morgan fingerprint density at radius 2 is 1.95 bits per heavy atom. The molecule has 0 aliphatic carbocycles. The molecule has 110 valence electrons.